The van der Waals surface area contributed by atoms with E-state index in [1.54, 1.807) is 0 Å². The standard InChI is InChI=1S/3C2H4O2.Cu/c3*1-2(3)4;/h3*1H3,(H,3,4);/q;;;+1/p-1. The Labute approximate surface area is 86.0 Å². The van der Waals surface area contributed by atoms with E-state index in [2.05, 4.69) is 0 Å². The van der Waals surface area contributed by atoms with E-state index < -0.39 is 17.9 Å². The molecule has 0 aliphatic carbocycles. The number of rotatable bonds is 0. The van der Waals surface area contributed by atoms with Gasteiger partial charge in [0.25, 0.3) is 11.9 Å². The fourth-order valence-corrected chi connectivity index (χ4v) is 0. The summed E-state index contributed by atoms with van der Waals surface area (Å²) in [6.07, 6.45) is 0. The van der Waals surface area contributed by atoms with Gasteiger partial charge in [0, 0.05) is 19.8 Å². The first kappa shape index (κ1) is 22.7. The molecule has 7 heteroatoms. The summed E-state index contributed by atoms with van der Waals surface area (Å²) >= 11 is 0. The molecule has 2 N–H and O–H groups in total. The van der Waals surface area contributed by atoms with Crippen LogP contribution >= 0.6 is 0 Å². The summed E-state index contributed by atoms with van der Waals surface area (Å²) in [4.78, 5) is 26.9. The van der Waals surface area contributed by atoms with E-state index in [0.717, 1.165) is 20.8 Å². The molecule has 0 aliphatic rings. The van der Waals surface area contributed by atoms with Crippen LogP contribution in [0.1, 0.15) is 20.8 Å². The molecule has 0 heterocycles. The third kappa shape index (κ3) is 760. The molecule has 0 unspecified atom stereocenters. The van der Waals surface area contributed by atoms with Gasteiger partial charge in [-0.05, 0) is 6.92 Å². The fourth-order valence-electron chi connectivity index (χ4n) is 0. The van der Waals surface area contributed by atoms with E-state index in [1.807, 2.05) is 0 Å². The maximum absolute atomic E-state index is 9.00. The molecule has 82 valence electrons. The Balaban J connectivity index is -0.0000000450. The SMILES string of the molecule is CC(=O)O.CC(=O)O.CC(=O)[O-].[Cu+]. The van der Waals surface area contributed by atoms with Crippen LogP contribution in [0, 0.1) is 0 Å². The molecule has 0 saturated carbocycles. The summed E-state index contributed by atoms with van der Waals surface area (Å²) < 4.78 is 0. The van der Waals surface area contributed by atoms with Crippen molar-refractivity contribution in [3.05, 3.63) is 0 Å². The predicted molar refractivity (Wildman–Crippen MR) is 37.3 cm³/mol. The van der Waals surface area contributed by atoms with Crippen molar-refractivity contribution in [1.82, 2.24) is 0 Å². The van der Waals surface area contributed by atoms with Crippen LogP contribution in [0.2, 0.25) is 0 Å². The second kappa shape index (κ2) is 17.1. The second-order valence-electron chi connectivity index (χ2n) is 1.53. The van der Waals surface area contributed by atoms with Crippen molar-refractivity contribution in [2.45, 2.75) is 20.8 Å². The molecule has 0 rings (SSSR count). The molecule has 6 nitrogen and oxygen atoms in total. The predicted octanol–water partition coefficient (Wildman–Crippen LogP) is -1.06. The quantitative estimate of drug-likeness (QED) is 0.523. The van der Waals surface area contributed by atoms with Gasteiger partial charge in [-0.25, -0.2) is 0 Å². The zero-order valence-electron chi connectivity index (χ0n) is 7.33. The number of hydrogen-bond acceptors (Lipinski definition) is 4. The first-order valence-electron chi connectivity index (χ1n) is 2.76. The monoisotopic (exact) mass is 242 g/mol. The largest absolute Gasteiger partial charge is 1.00 e. The molecule has 0 atom stereocenters. The number of carboxylic acid groups (broad SMARTS) is 3. The van der Waals surface area contributed by atoms with E-state index in [4.69, 9.17) is 29.7 Å². The number of carbonyl (C=O) groups is 3. The zero-order valence-corrected chi connectivity index (χ0v) is 8.27. The summed E-state index contributed by atoms with van der Waals surface area (Å²) in [6, 6.07) is 0. The van der Waals surface area contributed by atoms with Gasteiger partial charge >= 0.3 is 17.1 Å². The average Bonchev–Trinajstić information content (AvgIpc) is 1.54. The second-order valence-corrected chi connectivity index (χ2v) is 1.53. The van der Waals surface area contributed by atoms with Crippen molar-refractivity contribution < 1.29 is 46.8 Å². The summed E-state index contributed by atoms with van der Waals surface area (Å²) in [5, 5.41) is 23.7. The third-order valence-electron chi connectivity index (χ3n) is 0. The molecule has 13 heavy (non-hydrogen) atoms. The third-order valence-corrected chi connectivity index (χ3v) is 0. The van der Waals surface area contributed by atoms with Crippen LogP contribution in [0.25, 0.3) is 0 Å². The van der Waals surface area contributed by atoms with Gasteiger partial charge in [-0.3, -0.25) is 9.59 Å². The van der Waals surface area contributed by atoms with Crippen molar-refractivity contribution in [2.24, 2.45) is 0 Å². The summed E-state index contributed by atoms with van der Waals surface area (Å²) in [5.41, 5.74) is 0. The van der Waals surface area contributed by atoms with Gasteiger partial charge < -0.3 is 20.1 Å². The van der Waals surface area contributed by atoms with Crippen molar-refractivity contribution in [3.63, 3.8) is 0 Å². The molecule has 0 amide bonds. The van der Waals surface area contributed by atoms with Crippen molar-refractivity contribution >= 4 is 17.9 Å². The molecule has 0 saturated heterocycles. The average molecular weight is 243 g/mol. The van der Waals surface area contributed by atoms with Gasteiger partial charge in [0.1, 0.15) is 0 Å². The van der Waals surface area contributed by atoms with Crippen molar-refractivity contribution in [2.75, 3.05) is 0 Å². The molecule has 0 radical (unpaired) electrons. The van der Waals surface area contributed by atoms with Gasteiger partial charge in [-0.2, -0.15) is 0 Å². The van der Waals surface area contributed by atoms with Crippen LogP contribution < -0.4 is 5.11 Å². The van der Waals surface area contributed by atoms with Crippen LogP contribution in [0.5, 0.6) is 0 Å². The van der Waals surface area contributed by atoms with Crippen LogP contribution in [-0.2, 0) is 31.5 Å². The van der Waals surface area contributed by atoms with E-state index in [-0.39, 0.29) is 17.1 Å². The first-order chi connectivity index (χ1) is 5.20. The Kier molecular flexibility index (Phi) is 29.9. The van der Waals surface area contributed by atoms with Crippen LogP contribution in [0.3, 0.4) is 0 Å². The van der Waals surface area contributed by atoms with Gasteiger partial charge in [0.2, 0.25) is 0 Å². The summed E-state index contributed by atoms with van der Waals surface area (Å²) in [5.74, 6) is -2.75. The van der Waals surface area contributed by atoms with Crippen molar-refractivity contribution in [1.29, 1.82) is 0 Å². The molecular weight excluding hydrogens is 232 g/mol. The van der Waals surface area contributed by atoms with E-state index >= 15 is 0 Å². The zero-order chi connectivity index (χ0) is 10.7. The molecule has 0 aromatic carbocycles. The van der Waals surface area contributed by atoms with Crippen LogP contribution in [0.4, 0.5) is 0 Å². The molecule has 0 bridgehead atoms. The Morgan fingerprint density at radius 3 is 0.923 bits per heavy atom. The van der Waals surface area contributed by atoms with Crippen LogP contribution in [-0.4, -0.2) is 28.1 Å². The molecule has 0 spiro atoms. The number of carbonyl (C=O) groups excluding carboxylic acids is 1. The Morgan fingerprint density at radius 1 is 0.923 bits per heavy atom. The minimum atomic E-state index is -1.08. The minimum absolute atomic E-state index is 0. The molecule has 0 aromatic heterocycles. The normalized spacial score (nSPS) is 5.77. The maximum Gasteiger partial charge on any atom is 1.00 e. The smallest absolute Gasteiger partial charge is 0.550 e. The van der Waals surface area contributed by atoms with Gasteiger partial charge in [0.05, 0.1) is 0 Å². The summed E-state index contributed by atoms with van der Waals surface area (Å²) in [6.45, 7) is 3.14. The number of aliphatic carboxylic acids is 3. The van der Waals surface area contributed by atoms with Gasteiger partial charge in [0.15, 0.2) is 0 Å². The topological polar surface area (TPSA) is 115 Å². The molecular formula is C6H11CuO6. The Hall–Kier alpha value is -1.07. The number of hydrogen-bond donors (Lipinski definition) is 2. The number of carboxylic acids is 3. The van der Waals surface area contributed by atoms with Gasteiger partial charge in [-0.1, -0.05) is 0 Å². The summed E-state index contributed by atoms with van der Waals surface area (Å²) in [7, 11) is 0. The first-order valence-corrected chi connectivity index (χ1v) is 2.76. The van der Waals surface area contributed by atoms with Crippen molar-refractivity contribution in [3.8, 4) is 0 Å². The van der Waals surface area contributed by atoms with E-state index in [0.29, 0.717) is 0 Å². The Bertz CT molecular complexity index is 115. The fraction of sp³-hybridized carbons (Fsp3) is 0.500. The minimum Gasteiger partial charge on any atom is -0.550 e. The van der Waals surface area contributed by atoms with E-state index in [1.165, 1.54) is 0 Å². The maximum atomic E-state index is 9.00. The molecule has 0 aromatic rings. The van der Waals surface area contributed by atoms with E-state index in [9.17, 15) is 0 Å². The molecule has 0 aliphatic heterocycles. The van der Waals surface area contributed by atoms with Crippen LogP contribution in [0.15, 0.2) is 0 Å². The van der Waals surface area contributed by atoms with Gasteiger partial charge in [-0.15, -0.1) is 0 Å². The molecule has 0 fully saturated rings. The Morgan fingerprint density at radius 2 is 0.923 bits per heavy atom.